The van der Waals surface area contributed by atoms with Gasteiger partial charge in [0.25, 0.3) is 0 Å². The first-order chi connectivity index (χ1) is 10.2. The van der Waals surface area contributed by atoms with Gasteiger partial charge in [-0.3, -0.25) is 0 Å². The molecule has 1 fully saturated rings. The zero-order chi connectivity index (χ0) is 14.7. The van der Waals surface area contributed by atoms with E-state index in [9.17, 15) is 0 Å². The molecule has 1 aliphatic heterocycles. The molecule has 0 spiro atoms. The van der Waals surface area contributed by atoms with Crippen LogP contribution in [-0.2, 0) is 11.4 Å². The molecule has 0 radical (unpaired) electrons. The van der Waals surface area contributed by atoms with Crippen LogP contribution in [0.25, 0.3) is 0 Å². The van der Waals surface area contributed by atoms with E-state index in [4.69, 9.17) is 17.0 Å². The van der Waals surface area contributed by atoms with Gasteiger partial charge >= 0.3 is 0 Å². The third kappa shape index (κ3) is 3.88. The van der Waals surface area contributed by atoms with Crippen LogP contribution in [0.5, 0.6) is 0 Å². The average molecular weight is 323 g/mol. The number of nitrogens with zero attached hydrogens (tertiary/aromatic N) is 2. The Hall–Kier alpha value is -1.28. The molecule has 0 bridgehead atoms. The van der Waals surface area contributed by atoms with Gasteiger partial charge in [0.15, 0.2) is 10.6 Å². The SMILES string of the molecule is Cc1cccc(Nc2nn(C[NH+]3CCOCC3)c(=S)s2)c1. The highest BCUT2D eigenvalue weighted by Crippen LogP contribution is 2.20. The molecule has 0 unspecified atom stereocenters. The summed E-state index contributed by atoms with van der Waals surface area (Å²) in [5.74, 6) is 0. The Bertz CT molecular complexity index is 661. The third-order valence-corrected chi connectivity index (χ3v) is 4.67. The maximum atomic E-state index is 5.42. The summed E-state index contributed by atoms with van der Waals surface area (Å²) < 4.78 is 8.10. The molecule has 0 saturated carbocycles. The van der Waals surface area contributed by atoms with Crippen LogP contribution in [0.2, 0.25) is 0 Å². The van der Waals surface area contributed by atoms with E-state index in [0.29, 0.717) is 0 Å². The maximum Gasteiger partial charge on any atom is 0.209 e. The highest BCUT2D eigenvalue weighted by Gasteiger charge is 2.15. The molecule has 1 saturated heterocycles. The normalized spacial score (nSPS) is 16.0. The molecule has 0 amide bonds. The summed E-state index contributed by atoms with van der Waals surface area (Å²) in [5.41, 5.74) is 2.27. The van der Waals surface area contributed by atoms with Crippen LogP contribution in [-0.4, -0.2) is 36.1 Å². The molecule has 21 heavy (non-hydrogen) atoms. The maximum absolute atomic E-state index is 5.42. The largest absolute Gasteiger partial charge is 0.370 e. The van der Waals surface area contributed by atoms with Gasteiger partial charge < -0.3 is 15.0 Å². The molecule has 3 rings (SSSR count). The highest BCUT2D eigenvalue weighted by molar-refractivity contribution is 7.73. The lowest BCUT2D eigenvalue weighted by molar-refractivity contribution is -0.930. The van der Waals surface area contributed by atoms with Crippen LogP contribution >= 0.6 is 23.6 Å². The molecular weight excluding hydrogens is 304 g/mol. The molecule has 1 aliphatic rings. The number of hydrogen-bond donors (Lipinski definition) is 2. The van der Waals surface area contributed by atoms with Crippen molar-refractivity contribution in [2.45, 2.75) is 13.6 Å². The van der Waals surface area contributed by atoms with E-state index in [-0.39, 0.29) is 0 Å². The van der Waals surface area contributed by atoms with E-state index in [0.717, 1.165) is 47.7 Å². The summed E-state index contributed by atoms with van der Waals surface area (Å²) in [7, 11) is 0. The summed E-state index contributed by atoms with van der Waals surface area (Å²) in [5, 5.41) is 8.76. The topological polar surface area (TPSA) is 43.5 Å². The summed E-state index contributed by atoms with van der Waals surface area (Å²) in [6.07, 6.45) is 0. The lowest BCUT2D eigenvalue weighted by atomic mass is 10.2. The second kappa shape index (κ2) is 6.65. The molecule has 0 aliphatic carbocycles. The minimum Gasteiger partial charge on any atom is -0.370 e. The van der Waals surface area contributed by atoms with Gasteiger partial charge in [0.05, 0.1) is 13.2 Å². The Balaban J connectivity index is 1.70. The number of ether oxygens (including phenoxy) is 1. The molecule has 5 nitrogen and oxygen atoms in total. The van der Waals surface area contributed by atoms with Gasteiger partial charge in [-0.05, 0) is 36.8 Å². The molecule has 112 valence electrons. The zero-order valence-electron chi connectivity index (χ0n) is 12.0. The predicted octanol–water partition coefficient (Wildman–Crippen LogP) is 1.60. The van der Waals surface area contributed by atoms with Crippen LogP contribution in [0.4, 0.5) is 10.8 Å². The second-order valence-electron chi connectivity index (χ2n) is 5.19. The zero-order valence-corrected chi connectivity index (χ0v) is 13.6. The van der Waals surface area contributed by atoms with Crippen molar-refractivity contribution in [1.82, 2.24) is 9.78 Å². The Kier molecular flexibility index (Phi) is 4.64. The number of morpholine rings is 1. The van der Waals surface area contributed by atoms with Gasteiger partial charge in [-0.1, -0.05) is 23.5 Å². The van der Waals surface area contributed by atoms with Crippen molar-refractivity contribution in [2.24, 2.45) is 0 Å². The minimum absolute atomic E-state index is 0.809. The minimum atomic E-state index is 0.809. The predicted molar refractivity (Wildman–Crippen MR) is 86.9 cm³/mol. The van der Waals surface area contributed by atoms with Crippen molar-refractivity contribution in [3.63, 3.8) is 0 Å². The van der Waals surface area contributed by atoms with E-state index in [1.807, 2.05) is 16.8 Å². The quantitative estimate of drug-likeness (QED) is 0.839. The van der Waals surface area contributed by atoms with Crippen LogP contribution in [0.3, 0.4) is 0 Å². The van der Waals surface area contributed by atoms with E-state index in [1.165, 1.54) is 21.8 Å². The summed E-state index contributed by atoms with van der Waals surface area (Å²) >= 11 is 6.93. The molecule has 1 aromatic carbocycles. The lowest BCUT2D eigenvalue weighted by Crippen LogP contribution is -3.13. The number of nitrogens with one attached hydrogen (secondary N) is 2. The molecule has 2 N–H and O–H groups in total. The summed E-state index contributed by atoms with van der Waals surface area (Å²) in [6, 6.07) is 8.25. The van der Waals surface area contributed by atoms with Gasteiger partial charge in [-0.2, -0.15) is 4.68 Å². The number of benzene rings is 1. The molecule has 1 aromatic heterocycles. The van der Waals surface area contributed by atoms with Gasteiger partial charge in [0, 0.05) is 5.69 Å². The van der Waals surface area contributed by atoms with Crippen LogP contribution in [0.1, 0.15) is 5.56 Å². The number of rotatable bonds is 4. The smallest absolute Gasteiger partial charge is 0.209 e. The standard InChI is InChI=1S/C14H18N4OS2/c1-11-3-2-4-12(9-11)15-13-16-18(14(20)21-13)10-17-5-7-19-8-6-17/h2-4,9H,5-8,10H2,1H3,(H,15,16)/p+1. The Morgan fingerprint density at radius 2 is 2.24 bits per heavy atom. The van der Waals surface area contributed by atoms with Crippen LogP contribution < -0.4 is 10.2 Å². The van der Waals surface area contributed by atoms with Crippen molar-refractivity contribution in [2.75, 3.05) is 31.6 Å². The van der Waals surface area contributed by atoms with Crippen molar-refractivity contribution in [1.29, 1.82) is 0 Å². The number of aromatic nitrogens is 2. The first-order valence-corrected chi connectivity index (χ1v) is 8.26. The first-order valence-electron chi connectivity index (χ1n) is 7.04. The monoisotopic (exact) mass is 323 g/mol. The molecule has 2 heterocycles. The Labute approximate surface area is 133 Å². The molecule has 0 atom stereocenters. The Morgan fingerprint density at radius 1 is 1.43 bits per heavy atom. The van der Waals surface area contributed by atoms with Crippen molar-refractivity contribution >= 4 is 34.4 Å². The van der Waals surface area contributed by atoms with Crippen molar-refractivity contribution in [3.8, 4) is 0 Å². The number of hydrogen-bond acceptors (Lipinski definition) is 5. The second-order valence-corrected chi connectivity index (χ2v) is 6.81. The lowest BCUT2D eigenvalue weighted by Gasteiger charge is -2.23. The summed E-state index contributed by atoms with van der Waals surface area (Å²) in [4.78, 5) is 1.46. The number of anilines is 2. The number of quaternary nitrogens is 1. The van der Waals surface area contributed by atoms with E-state index < -0.39 is 0 Å². The fraction of sp³-hybridized carbons (Fsp3) is 0.429. The number of aryl methyl sites for hydroxylation is 1. The third-order valence-electron chi connectivity index (χ3n) is 3.45. The molecule has 7 heteroatoms. The average Bonchev–Trinajstić information content (AvgIpc) is 2.80. The van der Waals surface area contributed by atoms with Gasteiger partial charge in [-0.15, -0.1) is 5.10 Å². The van der Waals surface area contributed by atoms with E-state index in [2.05, 4.69) is 29.5 Å². The highest BCUT2D eigenvalue weighted by atomic mass is 32.1. The fourth-order valence-electron chi connectivity index (χ4n) is 2.33. The van der Waals surface area contributed by atoms with Gasteiger partial charge in [0.2, 0.25) is 5.13 Å². The van der Waals surface area contributed by atoms with Crippen molar-refractivity contribution < 1.29 is 9.64 Å². The van der Waals surface area contributed by atoms with Crippen LogP contribution in [0, 0.1) is 10.9 Å². The van der Waals surface area contributed by atoms with E-state index in [1.54, 1.807) is 0 Å². The summed E-state index contributed by atoms with van der Waals surface area (Å²) in [6.45, 7) is 6.56. The Morgan fingerprint density at radius 3 is 3.00 bits per heavy atom. The van der Waals surface area contributed by atoms with Crippen LogP contribution in [0.15, 0.2) is 24.3 Å². The van der Waals surface area contributed by atoms with Gasteiger partial charge in [-0.25, -0.2) is 0 Å². The van der Waals surface area contributed by atoms with E-state index >= 15 is 0 Å². The fourth-order valence-corrected chi connectivity index (χ4v) is 3.36. The molecule has 2 aromatic rings. The molecular formula is C14H19N4OS2+. The van der Waals surface area contributed by atoms with Gasteiger partial charge in [0.1, 0.15) is 13.1 Å². The van der Waals surface area contributed by atoms with Crippen molar-refractivity contribution in [3.05, 3.63) is 33.8 Å². The first kappa shape index (κ1) is 14.6.